The maximum atomic E-state index is 11.3. The lowest BCUT2D eigenvalue weighted by Gasteiger charge is -2.36. The molecule has 6 nitrogen and oxygen atoms in total. The van der Waals surface area contributed by atoms with Crippen molar-refractivity contribution in [3.63, 3.8) is 0 Å². The van der Waals surface area contributed by atoms with Gasteiger partial charge in [0.15, 0.2) is 11.5 Å². The molecule has 0 amide bonds. The van der Waals surface area contributed by atoms with Crippen molar-refractivity contribution < 1.29 is 24.1 Å². The Morgan fingerprint density at radius 2 is 1.71 bits per heavy atom. The lowest BCUT2D eigenvalue weighted by Crippen LogP contribution is -2.39. The summed E-state index contributed by atoms with van der Waals surface area (Å²) in [5.74, 6) is 0.850. The average Bonchev–Trinajstić information content (AvgIpc) is 3.13. The minimum absolute atomic E-state index is 0.0159. The summed E-state index contributed by atoms with van der Waals surface area (Å²) in [5, 5.41) is 9.33. The molecule has 0 radical (unpaired) electrons. The molecule has 152 valence electrons. The van der Waals surface area contributed by atoms with Crippen LogP contribution in [0, 0.1) is 12.8 Å². The summed E-state index contributed by atoms with van der Waals surface area (Å²) in [6, 6.07) is 8.27. The zero-order valence-corrected chi connectivity index (χ0v) is 17.5. The minimum Gasteiger partial charge on any atom is -0.493 e. The van der Waals surface area contributed by atoms with Gasteiger partial charge in [0.2, 0.25) is 5.75 Å². The number of methoxy groups -OCH3 is 3. The molecule has 1 unspecified atom stereocenters. The molecule has 1 aromatic heterocycles. The molecule has 7 heteroatoms. The molecule has 1 saturated heterocycles. The second-order valence-electron chi connectivity index (χ2n) is 6.96. The molecule has 1 aromatic carbocycles. The third-order valence-corrected chi connectivity index (χ3v) is 6.33. The fraction of sp³-hybridized carbons (Fsp3) is 0.476. The number of carbonyl (C=O) groups is 1. The second kappa shape index (κ2) is 8.84. The Kier molecular flexibility index (Phi) is 6.46. The lowest BCUT2D eigenvalue weighted by atomic mass is 9.93. The van der Waals surface area contributed by atoms with Crippen molar-refractivity contribution in [3.05, 3.63) is 39.6 Å². The standard InChI is InChI=1S/C21H27NO5S/c1-13-5-6-18(28-13)19(22-9-7-14(8-10-22)21(23)24)15-11-16(25-2)20(27-4)17(12-15)26-3/h5-6,11-12,14,19H,7-10H2,1-4H3,(H,23,24). The van der Waals surface area contributed by atoms with Gasteiger partial charge in [-0.05, 0) is 62.7 Å². The molecule has 0 saturated carbocycles. The minimum atomic E-state index is -0.698. The number of thiophene rings is 1. The van der Waals surface area contributed by atoms with Gasteiger partial charge in [0.25, 0.3) is 0 Å². The molecule has 2 aromatic rings. The van der Waals surface area contributed by atoms with Crippen molar-refractivity contribution >= 4 is 17.3 Å². The van der Waals surface area contributed by atoms with Crippen LogP contribution in [0.15, 0.2) is 24.3 Å². The van der Waals surface area contributed by atoms with E-state index in [9.17, 15) is 9.90 Å². The van der Waals surface area contributed by atoms with Gasteiger partial charge in [0.05, 0.1) is 33.3 Å². The van der Waals surface area contributed by atoms with E-state index in [1.807, 2.05) is 12.1 Å². The van der Waals surface area contributed by atoms with Crippen molar-refractivity contribution in [1.82, 2.24) is 4.90 Å². The molecule has 28 heavy (non-hydrogen) atoms. The number of ether oxygens (including phenoxy) is 3. The highest BCUT2D eigenvalue weighted by molar-refractivity contribution is 7.12. The van der Waals surface area contributed by atoms with E-state index >= 15 is 0 Å². The van der Waals surface area contributed by atoms with Crippen LogP contribution >= 0.6 is 11.3 Å². The van der Waals surface area contributed by atoms with Crippen LogP contribution in [-0.2, 0) is 4.79 Å². The predicted molar refractivity (Wildman–Crippen MR) is 109 cm³/mol. The van der Waals surface area contributed by atoms with Crippen molar-refractivity contribution in [3.8, 4) is 17.2 Å². The topological polar surface area (TPSA) is 68.2 Å². The summed E-state index contributed by atoms with van der Waals surface area (Å²) >= 11 is 1.76. The molecule has 2 heterocycles. The van der Waals surface area contributed by atoms with E-state index in [0.717, 1.165) is 18.7 Å². The number of rotatable bonds is 7. The molecule has 1 atom stereocenters. The van der Waals surface area contributed by atoms with Gasteiger partial charge in [0.1, 0.15) is 0 Å². The quantitative estimate of drug-likeness (QED) is 0.752. The Morgan fingerprint density at radius 3 is 2.14 bits per heavy atom. The van der Waals surface area contributed by atoms with E-state index < -0.39 is 5.97 Å². The van der Waals surface area contributed by atoms with Crippen molar-refractivity contribution in [1.29, 1.82) is 0 Å². The molecular weight excluding hydrogens is 378 g/mol. The molecule has 0 spiro atoms. The van der Waals surface area contributed by atoms with Crippen LogP contribution in [0.3, 0.4) is 0 Å². The van der Waals surface area contributed by atoms with Gasteiger partial charge in [-0.2, -0.15) is 0 Å². The number of likely N-dealkylation sites (tertiary alicyclic amines) is 1. The first-order valence-electron chi connectivity index (χ1n) is 9.31. The highest BCUT2D eigenvalue weighted by Gasteiger charge is 2.32. The van der Waals surface area contributed by atoms with Gasteiger partial charge in [-0.15, -0.1) is 11.3 Å². The number of aliphatic carboxylic acids is 1. The van der Waals surface area contributed by atoms with E-state index in [-0.39, 0.29) is 12.0 Å². The first-order chi connectivity index (χ1) is 13.5. The number of piperidine rings is 1. The first kappa shape index (κ1) is 20.5. The highest BCUT2D eigenvalue weighted by Crippen LogP contribution is 2.44. The summed E-state index contributed by atoms with van der Waals surface area (Å²) in [6.45, 7) is 3.56. The fourth-order valence-electron chi connectivity index (χ4n) is 3.82. The maximum absolute atomic E-state index is 11.3. The Hall–Kier alpha value is -2.25. The molecule has 3 rings (SSSR count). The van der Waals surface area contributed by atoms with Gasteiger partial charge < -0.3 is 19.3 Å². The number of hydrogen-bond acceptors (Lipinski definition) is 6. The second-order valence-corrected chi connectivity index (χ2v) is 8.28. The van der Waals surface area contributed by atoms with Crippen molar-refractivity contribution in [2.45, 2.75) is 25.8 Å². The molecular formula is C21H27NO5S. The molecule has 1 N–H and O–H groups in total. The van der Waals surface area contributed by atoms with E-state index in [1.165, 1.54) is 9.75 Å². The number of carboxylic acid groups (broad SMARTS) is 1. The third-order valence-electron chi connectivity index (χ3n) is 5.28. The van der Waals surface area contributed by atoms with E-state index in [2.05, 4.69) is 24.0 Å². The first-order valence-corrected chi connectivity index (χ1v) is 10.1. The van der Waals surface area contributed by atoms with Crippen LogP contribution in [0.5, 0.6) is 17.2 Å². The highest BCUT2D eigenvalue weighted by atomic mass is 32.1. The number of hydrogen-bond donors (Lipinski definition) is 1. The maximum Gasteiger partial charge on any atom is 0.306 e. The Bertz CT molecular complexity index is 801. The summed E-state index contributed by atoms with van der Waals surface area (Å²) in [4.78, 5) is 16.2. The fourth-order valence-corrected chi connectivity index (χ4v) is 4.86. The summed E-state index contributed by atoms with van der Waals surface area (Å²) in [7, 11) is 4.82. The Morgan fingerprint density at radius 1 is 1.11 bits per heavy atom. The summed E-state index contributed by atoms with van der Waals surface area (Å²) in [6.07, 6.45) is 1.31. The Labute approximate surface area is 169 Å². The average molecular weight is 406 g/mol. The number of aryl methyl sites for hydroxylation is 1. The number of benzene rings is 1. The third kappa shape index (κ3) is 4.10. The molecule has 0 bridgehead atoms. The van der Waals surface area contributed by atoms with Gasteiger partial charge in [-0.3, -0.25) is 9.69 Å². The van der Waals surface area contributed by atoms with Gasteiger partial charge in [-0.25, -0.2) is 0 Å². The smallest absolute Gasteiger partial charge is 0.306 e. The largest absolute Gasteiger partial charge is 0.493 e. The van der Waals surface area contributed by atoms with Crippen LogP contribution in [0.25, 0.3) is 0 Å². The van der Waals surface area contributed by atoms with Crippen molar-refractivity contribution in [2.24, 2.45) is 5.92 Å². The van der Waals surface area contributed by atoms with Crippen molar-refractivity contribution in [2.75, 3.05) is 34.4 Å². The Balaban J connectivity index is 2.02. The summed E-state index contributed by atoms with van der Waals surface area (Å²) in [5.41, 5.74) is 1.05. The zero-order valence-electron chi connectivity index (χ0n) is 16.7. The molecule has 1 aliphatic rings. The molecule has 1 fully saturated rings. The SMILES string of the molecule is COc1cc(C(c2ccc(C)s2)N2CCC(C(=O)O)CC2)cc(OC)c1OC. The van der Waals surface area contributed by atoms with Gasteiger partial charge in [0, 0.05) is 9.75 Å². The van der Waals surface area contributed by atoms with Crippen LogP contribution in [0.4, 0.5) is 0 Å². The van der Waals surface area contributed by atoms with Crippen LogP contribution < -0.4 is 14.2 Å². The zero-order chi connectivity index (χ0) is 20.3. The van der Waals surface area contributed by atoms with Crippen LogP contribution in [0.2, 0.25) is 0 Å². The van der Waals surface area contributed by atoms with Crippen LogP contribution in [-0.4, -0.2) is 50.4 Å². The molecule has 1 aliphatic heterocycles. The predicted octanol–water partition coefficient (Wildman–Crippen LogP) is 3.97. The number of carboxylic acids is 1. The van der Waals surface area contributed by atoms with Crippen LogP contribution in [0.1, 0.15) is 34.2 Å². The van der Waals surface area contributed by atoms with Gasteiger partial charge in [-0.1, -0.05) is 0 Å². The monoisotopic (exact) mass is 405 g/mol. The number of nitrogens with zero attached hydrogens (tertiary/aromatic N) is 1. The summed E-state index contributed by atoms with van der Waals surface area (Å²) < 4.78 is 16.6. The lowest BCUT2D eigenvalue weighted by molar-refractivity contribution is -0.143. The van der Waals surface area contributed by atoms with E-state index in [4.69, 9.17) is 14.2 Å². The van der Waals surface area contributed by atoms with E-state index in [1.54, 1.807) is 32.7 Å². The molecule has 0 aliphatic carbocycles. The normalized spacial score (nSPS) is 16.6. The van der Waals surface area contributed by atoms with Gasteiger partial charge >= 0.3 is 5.97 Å². The van der Waals surface area contributed by atoms with E-state index in [0.29, 0.717) is 30.1 Å².